The number of anilines is 1. The zero-order valence-electron chi connectivity index (χ0n) is 23.1. The van der Waals surface area contributed by atoms with Crippen molar-refractivity contribution in [3.63, 3.8) is 0 Å². The summed E-state index contributed by atoms with van der Waals surface area (Å²) in [6, 6.07) is 21.3. The number of ether oxygens (including phenoxy) is 3. The Morgan fingerprint density at radius 3 is 1.55 bits per heavy atom. The average molecular weight is 581 g/mol. The molecule has 2 N–H and O–H groups in total. The van der Waals surface area contributed by atoms with E-state index in [4.69, 9.17) is 15.2 Å². The molecule has 4 aromatic rings. The number of hydrogen-bond donors (Lipinski definition) is 1. The minimum atomic E-state index is -0.447. The van der Waals surface area contributed by atoms with Crippen molar-refractivity contribution in [2.24, 2.45) is 0 Å². The van der Waals surface area contributed by atoms with Crippen LogP contribution in [0.25, 0.3) is 0 Å². The molecular formula is C31H36BF2N2O6. The van der Waals surface area contributed by atoms with Gasteiger partial charge in [-0.25, -0.2) is 8.78 Å². The molecule has 0 aliphatic carbocycles. The van der Waals surface area contributed by atoms with Gasteiger partial charge < -0.3 is 19.9 Å². The fraction of sp³-hybridized carbons (Fsp3) is 0.194. The quantitative estimate of drug-likeness (QED) is 0.0799. The lowest BCUT2D eigenvalue weighted by Crippen LogP contribution is -1.95. The number of benzene rings is 4. The second kappa shape index (κ2) is 18.4. The number of esters is 1. The molecule has 223 valence electrons. The summed E-state index contributed by atoms with van der Waals surface area (Å²) in [6.07, 6.45) is 0. The Bertz CT molecular complexity index is 1430. The highest BCUT2D eigenvalue weighted by atomic mass is 19.1. The number of nitrogens with zero attached hydrogens (tertiary/aromatic N) is 1. The summed E-state index contributed by atoms with van der Waals surface area (Å²) in [5.41, 5.74) is 7.94. The summed E-state index contributed by atoms with van der Waals surface area (Å²) in [6.45, 7) is 7.20. The number of hydrogen-bond acceptors (Lipinski definition) is 7. The molecule has 0 unspecified atom stereocenters. The second-order valence-electron chi connectivity index (χ2n) is 8.26. The predicted molar refractivity (Wildman–Crippen MR) is 163 cm³/mol. The molecule has 0 amide bonds. The normalized spacial score (nSPS) is 9.29. The molecular weight excluding hydrogens is 545 g/mol. The zero-order chi connectivity index (χ0) is 29.7. The molecule has 0 spiro atoms. The van der Waals surface area contributed by atoms with Crippen molar-refractivity contribution in [1.29, 1.82) is 0 Å². The molecule has 0 bridgehead atoms. The molecule has 4 aromatic carbocycles. The Hall–Kier alpha value is -4.93. The smallest absolute Gasteiger partial charge is 0.302 e. The first kappa shape index (κ1) is 37.1. The fourth-order valence-electron chi connectivity index (χ4n) is 3.09. The summed E-state index contributed by atoms with van der Waals surface area (Å²) in [5.74, 6) is 1.42. The zero-order valence-corrected chi connectivity index (χ0v) is 23.1. The maximum atomic E-state index is 12.7. The Morgan fingerprint density at radius 2 is 1.21 bits per heavy atom. The first-order valence-electron chi connectivity index (χ1n) is 12.1. The fourth-order valence-corrected chi connectivity index (χ4v) is 3.09. The number of nitrogens with two attached hydrogens (primary N) is 1. The highest BCUT2D eigenvalue weighted by Gasteiger charge is 2.11. The Morgan fingerprint density at radius 1 is 0.810 bits per heavy atom. The highest BCUT2D eigenvalue weighted by molar-refractivity contribution is 5.75. The molecule has 11 heteroatoms. The van der Waals surface area contributed by atoms with Gasteiger partial charge in [0.15, 0.2) is 0 Å². The van der Waals surface area contributed by atoms with Crippen LogP contribution in [0.3, 0.4) is 0 Å². The molecule has 4 rings (SSSR count). The minimum absolute atomic E-state index is 0. The molecule has 8 nitrogen and oxygen atoms in total. The summed E-state index contributed by atoms with van der Waals surface area (Å²) >= 11 is 0. The molecule has 0 saturated carbocycles. The largest absolute Gasteiger partial charge is 0.466 e. The summed E-state index contributed by atoms with van der Waals surface area (Å²) in [7, 11) is 0. The van der Waals surface area contributed by atoms with E-state index in [-0.39, 0.29) is 40.6 Å². The summed E-state index contributed by atoms with van der Waals surface area (Å²) in [4.78, 5) is 20.0. The molecule has 42 heavy (non-hydrogen) atoms. The van der Waals surface area contributed by atoms with Crippen molar-refractivity contribution in [2.75, 3.05) is 12.3 Å². The van der Waals surface area contributed by atoms with Gasteiger partial charge in [-0.05, 0) is 105 Å². The van der Waals surface area contributed by atoms with E-state index in [2.05, 4.69) is 4.74 Å². The number of nitro benzene ring substituents is 1. The summed E-state index contributed by atoms with van der Waals surface area (Å²) in [5, 5.41) is 10.7. The maximum absolute atomic E-state index is 12.7. The molecule has 0 aliphatic heterocycles. The standard InChI is InChI=1S/C13H10FNO3.C13H12FNO.C4H8O2.CH4.B.H2/c1-9-8-12(6-7-13(9)15(16)17)18-11-4-2-10(14)3-5-11;1-9-8-12(6-7-13(9)15)16-11-4-2-10(14)3-5-11;1-3-6-4(2)5;;;/h2-8H,1H3;2-8H,15H2,1H3;3H2,1-2H3;1H4;;1H. The minimum Gasteiger partial charge on any atom is -0.466 e. The van der Waals surface area contributed by atoms with E-state index < -0.39 is 4.92 Å². The molecule has 0 atom stereocenters. The number of halogens is 2. The molecule has 3 radical (unpaired) electrons. The van der Waals surface area contributed by atoms with E-state index in [0.717, 1.165) is 11.3 Å². The third kappa shape index (κ3) is 13.0. The monoisotopic (exact) mass is 581 g/mol. The van der Waals surface area contributed by atoms with E-state index in [1.165, 1.54) is 55.5 Å². The van der Waals surface area contributed by atoms with Crippen LogP contribution in [0.15, 0.2) is 84.9 Å². The van der Waals surface area contributed by atoms with Crippen molar-refractivity contribution in [3.8, 4) is 23.0 Å². The van der Waals surface area contributed by atoms with Gasteiger partial charge in [-0.1, -0.05) is 7.43 Å². The first-order valence-corrected chi connectivity index (χ1v) is 12.1. The van der Waals surface area contributed by atoms with Crippen LogP contribution in [0.5, 0.6) is 23.0 Å². The van der Waals surface area contributed by atoms with Crippen molar-refractivity contribution >= 4 is 25.8 Å². The van der Waals surface area contributed by atoms with Crippen LogP contribution < -0.4 is 15.2 Å². The van der Waals surface area contributed by atoms with Gasteiger partial charge in [-0.2, -0.15) is 0 Å². The van der Waals surface area contributed by atoms with Crippen molar-refractivity contribution < 1.29 is 34.1 Å². The van der Waals surface area contributed by atoms with E-state index in [9.17, 15) is 23.7 Å². The Labute approximate surface area is 248 Å². The first-order chi connectivity index (χ1) is 19.0. The van der Waals surface area contributed by atoms with Crippen LogP contribution in [-0.2, 0) is 9.53 Å². The maximum Gasteiger partial charge on any atom is 0.302 e. The lowest BCUT2D eigenvalue weighted by Gasteiger charge is -2.07. The van der Waals surface area contributed by atoms with Gasteiger partial charge in [-0.3, -0.25) is 14.9 Å². The highest BCUT2D eigenvalue weighted by Crippen LogP contribution is 2.27. The number of nitrogen functional groups attached to an aromatic ring is 1. The van der Waals surface area contributed by atoms with E-state index >= 15 is 0 Å². The SMILES string of the molecule is C.CCOC(C)=O.Cc1cc(Oc2ccc(F)cc2)ccc1N.Cc1cc(Oc2ccc(F)cc2)ccc1[N+](=O)[O-].[B].[HH]. The third-order valence-electron chi connectivity index (χ3n) is 5.05. The molecule has 0 saturated heterocycles. The molecule has 0 heterocycles. The van der Waals surface area contributed by atoms with Gasteiger partial charge >= 0.3 is 5.97 Å². The Balaban J connectivity index is 0. The van der Waals surface area contributed by atoms with Gasteiger partial charge in [0.2, 0.25) is 0 Å². The van der Waals surface area contributed by atoms with Crippen molar-refractivity contribution in [3.05, 3.63) is 118 Å². The second-order valence-corrected chi connectivity index (χ2v) is 8.26. The van der Waals surface area contributed by atoms with Crippen molar-refractivity contribution in [1.82, 2.24) is 0 Å². The number of carbonyl (C=O) groups excluding carboxylic acids is 1. The summed E-state index contributed by atoms with van der Waals surface area (Å²) < 4.78 is 40.8. The molecule has 0 aromatic heterocycles. The molecule has 0 fully saturated rings. The number of nitro groups is 1. The molecule has 0 aliphatic rings. The average Bonchev–Trinajstić information content (AvgIpc) is 2.89. The van der Waals surface area contributed by atoms with Crippen LogP contribution in [0, 0.1) is 35.6 Å². The van der Waals surface area contributed by atoms with Gasteiger partial charge in [0.1, 0.15) is 34.6 Å². The van der Waals surface area contributed by atoms with Gasteiger partial charge in [-0.15, -0.1) is 0 Å². The number of rotatable bonds is 6. The van der Waals surface area contributed by atoms with Crippen LogP contribution in [0.4, 0.5) is 20.2 Å². The lowest BCUT2D eigenvalue weighted by atomic mass is 10.2. The third-order valence-corrected chi connectivity index (χ3v) is 5.05. The number of aryl methyl sites for hydroxylation is 2. The van der Waals surface area contributed by atoms with Crippen molar-refractivity contribution in [2.45, 2.75) is 35.1 Å². The Kier molecular flexibility index (Phi) is 16.3. The van der Waals surface area contributed by atoms with Gasteiger partial charge in [0.25, 0.3) is 5.69 Å². The van der Waals surface area contributed by atoms with Crippen LogP contribution in [0.2, 0.25) is 0 Å². The lowest BCUT2D eigenvalue weighted by molar-refractivity contribution is -0.385. The topological polar surface area (TPSA) is 114 Å². The van der Waals surface area contributed by atoms with E-state index in [1.54, 1.807) is 44.2 Å². The van der Waals surface area contributed by atoms with Gasteiger partial charge in [0, 0.05) is 34.1 Å². The predicted octanol–water partition coefficient (Wildman–Crippen LogP) is 8.41. The van der Waals surface area contributed by atoms with Crippen LogP contribution in [-0.4, -0.2) is 25.9 Å². The van der Waals surface area contributed by atoms with Crippen LogP contribution in [0.1, 0.15) is 33.8 Å². The number of carbonyl (C=O) groups is 1. The van der Waals surface area contributed by atoms with Gasteiger partial charge in [0.05, 0.1) is 11.5 Å². The van der Waals surface area contributed by atoms with Crippen LogP contribution >= 0.6 is 0 Å². The van der Waals surface area contributed by atoms with E-state index in [1.807, 2.05) is 13.0 Å². The van der Waals surface area contributed by atoms with E-state index in [0.29, 0.717) is 35.2 Å².